The monoisotopic (exact) mass is 219 g/mol. The maximum absolute atomic E-state index is 5.64. The summed E-state index contributed by atoms with van der Waals surface area (Å²) in [6.45, 7) is 2.84. The smallest absolute Gasteiger partial charge is 0.124 e. The molecule has 0 spiro atoms. The van der Waals surface area contributed by atoms with Crippen LogP contribution in [0.4, 0.5) is 0 Å². The molecule has 0 aliphatic carbocycles. The number of ether oxygens (including phenoxy) is 2. The summed E-state index contributed by atoms with van der Waals surface area (Å²) < 4.78 is 10.7. The van der Waals surface area contributed by atoms with Gasteiger partial charge in [0.15, 0.2) is 0 Å². The molecule has 0 amide bonds. The molecule has 0 saturated carbocycles. The molecule has 1 rings (SSSR count). The first-order valence-electron chi connectivity index (χ1n) is 5.21. The lowest BCUT2D eigenvalue weighted by Gasteiger charge is -2.10. The zero-order valence-corrected chi connectivity index (χ0v) is 9.75. The summed E-state index contributed by atoms with van der Waals surface area (Å²) in [5, 5.41) is 0. The summed E-state index contributed by atoms with van der Waals surface area (Å²) in [7, 11) is 1.63. The van der Waals surface area contributed by atoms with Crippen molar-refractivity contribution in [3.05, 3.63) is 23.8 Å². The van der Waals surface area contributed by atoms with Crippen LogP contribution in [0.3, 0.4) is 0 Å². The maximum Gasteiger partial charge on any atom is 0.124 e. The van der Waals surface area contributed by atoms with E-state index < -0.39 is 0 Å². The van der Waals surface area contributed by atoms with Crippen LogP contribution in [-0.2, 0) is 6.54 Å². The van der Waals surface area contributed by atoms with Gasteiger partial charge >= 0.3 is 0 Å². The SMILES string of the molecule is CC#CCCOc1ccc(OC)cc1CN. The fourth-order valence-corrected chi connectivity index (χ4v) is 1.32. The van der Waals surface area contributed by atoms with E-state index in [1.54, 1.807) is 7.11 Å². The van der Waals surface area contributed by atoms with Crippen LogP contribution in [-0.4, -0.2) is 13.7 Å². The van der Waals surface area contributed by atoms with Crippen LogP contribution in [0.2, 0.25) is 0 Å². The van der Waals surface area contributed by atoms with E-state index in [-0.39, 0.29) is 0 Å². The molecule has 3 heteroatoms. The van der Waals surface area contributed by atoms with Gasteiger partial charge in [-0.25, -0.2) is 0 Å². The van der Waals surface area contributed by atoms with Crippen molar-refractivity contribution >= 4 is 0 Å². The summed E-state index contributed by atoms with van der Waals surface area (Å²) in [5.41, 5.74) is 6.59. The highest BCUT2D eigenvalue weighted by Gasteiger charge is 2.03. The average Bonchev–Trinajstić information content (AvgIpc) is 2.34. The van der Waals surface area contributed by atoms with Crippen LogP contribution < -0.4 is 15.2 Å². The first kappa shape index (κ1) is 12.4. The number of rotatable bonds is 5. The molecule has 2 N–H and O–H groups in total. The highest BCUT2D eigenvalue weighted by Crippen LogP contribution is 2.23. The van der Waals surface area contributed by atoms with Crippen LogP contribution in [0.1, 0.15) is 18.9 Å². The predicted molar refractivity (Wildman–Crippen MR) is 64.4 cm³/mol. The second-order valence-electron chi connectivity index (χ2n) is 3.20. The van der Waals surface area contributed by atoms with Crippen molar-refractivity contribution in [2.45, 2.75) is 19.9 Å². The lowest BCUT2D eigenvalue weighted by molar-refractivity contribution is 0.322. The van der Waals surface area contributed by atoms with Crippen LogP contribution in [0.5, 0.6) is 11.5 Å². The summed E-state index contributed by atoms with van der Waals surface area (Å²) in [6.07, 6.45) is 0.729. The first-order valence-corrected chi connectivity index (χ1v) is 5.21. The molecule has 16 heavy (non-hydrogen) atoms. The molecule has 0 unspecified atom stereocenters. The fourth-order valence-electron chi connectivity index (χ4n) is 1.32. The summed E-state index contributed by atoms with van der Waals surface area (Å²) >= 11 is 0. The minimum atomic E-state index is 0.436. The van der Waals surface area contributed by atoms with E-state index in [2.05, 4.69) is 11.8 Å². The van der Waals surface area contributed by atoms with E-state index in [0.29, 0.717) is 13.2 Å². The second-order valence-corrected chi connectivity index (χ2v) is 3.20. The molecule has 0 radical (unpaired) electrons. The van der Waals surface area contributed by atoms with Crippen molar-refractivity contribution in [3.8, 4) is 23.3 Å². The van der Waals surface area contributed by atoms with Gasteiger partial charge in [0, 0.05) is 18.5 Å². The minimum Gasteiger partial charge on any atom is -0.497 e. The van der Waals surface area contributed by atoms with Crippen molar-refractivity contribution in [3.63, 3.8) is 0 Å². The summed E-state index contributed by atoms with van der Waals surface area (Å²) in [6, 6.07) is 5.63. The Balaban J connectivity index is 2.66. The maximum atomic E-state index is 5.64. The minimum absolute atomic E-state index is 0.436. The van der Waals surface area contributed by atoms with Crippen LogP contribution in [0, 0.1) is 11.8 Å². The Bertz CT molecular complexity index is 391. The molecule has 0 heterocycles. The van der Waals surface area contributed by atoms with Crippen LogP contribution in [0.15, 0.2) is 18.2 Å². The lowest BCUT2D eigenvalue weighted by atomic mass is 10.2. The standard InChI is InChI=1S/C13H17NO2/c1-3-4-5-8-16-13-7-6-12(15-2)9-11(13)10-14/h6-7,9H,5,8,10,14H2,1-2H3. The molecule has 0 saturated heterocycles. The third kappa shape index (κ3) is 3.48. The quantitative estimate of drug-likeness (QED) is 0.608. The van der Waals surface area contributed by atoms with Gasteiger partial charge in [0.1, 0.15) is 11.5 Å². The van der Waals surface area contributed by atoms with Gasteiger partial charge in [-0.2, -0.15) is 0 Å². The number of hydrogen-bond acceptors (Lipinski definition) is 3. The van der Waals surface area contributed by atoms with E-state index >= 15 is 0 Å². The number of benzene rings is 1. The number of nitrogens with two attached hydrogens (primary N) is 1. The van der Waals surface area contributed by atoms with E-state index in [1.807, 2.05) is 25.1 Å². The first-order chi connectivity index (χ1) is 7.81. The molecule has 1 aromatic carbocycles. The number of hydrogen-bond donors (Lipinski definition) is 1. The molecule has 0 aliphatic rings. The third-order valence-corrected chi connectivity index (χ3v) is 2.15. The molecule has 0 fully saturated rings. The zero-order chi connectivity index (χ0) is 11.8. The van der Waals surface area contributed by atoms with Gasteiger partial charge in [0.05, 0.1) is 13.7 Å². The third-order valence-electron chi connectivity index (χ3n) is 2.15. The lowest BCUT2D eigenvalue weighted by Crippen LogP contribution is -2.03. The molecular formula is C13H17NO2. The second kappa shape index (κ2) is 6.76. The zero-order valence-electron chi connectivity index (χ0n) is 9.75. The van der Waals surface area contributed by atoms with E-state index in [4.69, 9.17) is 15.2 Å². The molecule has 86 valence electrons. The van der Waals surface area contributed by atoms with E-state index in [1.165, 1.54) is 0 Å². The van der Waals surface area contributed by atoms with Crippen molar-refractivity contribution in [2.75, 3.05) is 13.7 Å². The highest BCUT2D eigenvalue weighted by atomic mass is 16.5. The Hall–Kier alpha value is -1.66. The Morgan fingerprint density at radius 3 is 2.81 bits per heavy atom. The molecular weight excluding hydrogens is 202 g/mol. The molecule has 0 atom stereocenters. The normalized spacial score (nSPS) is 9.19. The predicted octanol–water partition coefficient (Wildman–Crippen LogP) is 1.95. The fraction of sp³-hybridized carbons (Fsp3) is 0.385. The number of methoxy groups -OCH3 is 1. The Kier molecular flexibility index (Phi) is 5.24. The van der Waals surface area contributed by atoms with E-state index in [0.717, 1.165) is 23.5 Å². The summed E-state index contributed by atoms with van der Waals surface area (Å²) in [4.78, 5) is 0. The molecule has 0 bridgehead atoms. The Labute approximate surface area is 96.6 Å². The van der Waals surface area contributed by atoms with Crippen molar-refractivity contribution < 1.29 is 9.47 Å². The van der Waals surface area contributed by atoms with Gasteiger partial charge in [-0.1, -0.05) is 0 Å². The van der Waals surface area contributed by atoms with E-state index in [9.17, 15) is 0 Å². The van der Waals surface area contributed by atoms with Crippen molar-refractivity contribution in [1.29, 1.82) is 0 Å². The topological polar surface area (TPSA) is 44.5 Å². The molecule has 0 aliphatic heterocycles. The van der Waals surface area contributed by atoms with Gasteiger partial charge in [-0.05, 0) is 25.1 Å². The average molecular weight is 219 g/mol. The molecule has 0 aromatic heterocycles. The Morgan fingerprint density at radius 2 is 2.19 bits per heavy atom. The highest BCUT2D eigenvalue weighted by molar-refractivity contribution is 5.40. The van der Waals surface area contributed by atoms with Gasteiger partial charge in [-0.3, -0.25) is 0 Å². The van der Waals surface area contributed by atoms with Crippen LogP contribution >= 0.6 is 0 Å². The molecule has 1 aromatic rings. The van der Waals surface area contributed by atoms with Crippen molar-refractivity contribution in [1.82, 2.24) is 0 Å². The summed E-state index contributed by atoms with van der Waals surface area (Å²) in [5.74, 6) is 7.37. The van der Waals surface area contributed by atoms with Crippen LogP contribution in [0.25, 0.3) is 0 Å². The van der Waals surface area contributed by atoms with Crippen molar-refractivity contribution in [2.24, 2.45) is 5.73 Å². The van der Waals surface area contributed by atoms with Gasteiger partial charge in [-0.15, -0.1) is 11.8 Å². The Morgan fingerprint density at radius 1 is 1.38 bits per heavy atom. The van der Waals surface area contributed by atoms with Gasteiger partial charge in [0.25, 0.3) is 0 Å². The van der Waals surface area contributed by atoms with Gasteiger partial charge in [0.2, 0.25) is 0 Å². The molecule has 3 nitrogen and oxygen atoms in total. The van der Waals surface area contributed by atoms with Gasteiger partial charge < -0.3 is 15.2 Å². The largest absolute Gasteiger partial charge is 0.497 e.